The molecular weight excluding hydrogens is 407 g/mol. The van der Waals surface area contributed by atoms with Crippen LogP contribution in [0, 0.1) is 5.92 Å². The second-order valence-electron chi connectivity index (χ2n) is 6.98. The predicted molar refractivity (Wildman–Crippen MR) is 108 cm³/mol. The zero-order valence-electron chi connectivity index (χ0n) is 16.8. The van der Waals surface area contributed by atoms with Gasteiger partial charge < -0.3 is 10.2 Å². The van der Waals surface area contributed by atoms with Crippen LogP contribution < -0.4 is 10.9 Å². The number of hydrogen-bond donors (Lipinski definition) is 1. The minimum Gasteiger partial charge on any atom is -0.381 e. The van der Waals surface area contributed by atoms with E-state index in [0.717, 1.165) is 29.7 Å². The van der Waals surface area contributed by atoms with Gasteiger partial charge in [-0.1, -0.05) is 38.3 Å². The Hall–Kier alpha value is -2.13. The van der Waals surface area contributed by atoms with E-state index in [-0.39, 0.29) is 16.9 Å². The standard InChI is InChI=1S/C19H25ClF3N5O/c1-5-12(6-2)15(27(3)4)11-24-14-10-26-28(18(29)17(14)20)16-8-7-13(9-25-16)19(21,22)23/h7-10,12,15,24H,5-6,11H2,1-4H3. The molecule has 29 heavy (non-hydrogen) atoms. The van der Waals surface area contributed by atoms with Gasteiger partial charge >= 0.3 is 6.18 Å². The monoisotopic (exact) mass is 431 g/mol. The molecule has 0 aliphatic carbocycles. The van der Waals surface area contributed by atoms with Gasteiger partial charge in [0.15, 0.2) is 5.82 Å². The molecular formula is C19H25ClF3N5O. The van der Waals surface area contributed by atoms with E-state index in [9.17, 15) is 18.0 Å². The first-order valence-corrected chi connectivity index (χ1v) is 9.69. The molecule has 0 saturated carbocycles. The Bertz CT molecular complexity index is 864. The second kappa shape index (κ2) is 9.58. The Balaban J connectivity index is 2.24. The fourth-order valence-electron chi connectivity index (χ4n) is 3.22. The Morgan fingerprint density at radius 1 is 1.21 bits per heavy atom. The zero-order chi connectivity index (χ0) is 21.8. The van der Waals surface area contributed by atoms with E-state index in [2.05, 4.69) is 34.1 Å². The van der Waals surface area contributed by atoms with E-state index >= 15 is 0 Å². The molecule has 2 rings (SSSR count). The van der Waals surface area contributed by atoms with E-state index in [4.69, 9.17) is 11.6 Å². The number of pyridine rings is 1. The van der Waals surface area contributed by atoms with Gasteiger partial charge in [0.25, 0.3) is 5.56 Å². The van der Waals surface area contributed by atoms with Crippen LogP contribution in [-0.2, 0) is 6.18 Å². The molecule has 1 unspecified atom stereocenters. The lowest BCUT2D eigenvalue weighted by Crippen LogP contribution is -2.40. The number of nitrogens with one attached hydrogen (secondary N) is 1. The summed E-state index contributed by atoms with van der Waals surface area (Å²) >= 11 is 6.21. The molecule has 10 heteroatoms. The Labute approximate surface area is 172 Å². The first kappa shape index (κ1) is 23.2. The van der Waals surface area contributed by atoms with Crippen molar-refractivity contribution in [1.29, 1.82) is 0 Å². The average Bonchev–Trinajstić information content (AvgIpc) is 2.67. The molecule has 6 nitrogen and oxygen atoms in total. The van der Waals surface area contributed by atoms with Crippen molar-refractivity contribution in [3.63, 3.8) is 0 Å². The van der Waals surface area contributed by atoms with Gasteiger partial charge in [-0.15, -0.1) is 0 Å². The van der Waals surface area contributed by atoms with Crippen molar-refractivity contribution in [1.82, 2.24) is 19.7 Å². The summed E-state index contributed by atoms with van der Waals surface area (Å²) < 4.78 is 38.9. The lowest BCUT2D eigenvalue weighted by molar-refractivity contribution is -0.137. The topological polar surface area (TPSA) is 63.1 Å². The summed E-state index contributed by atoms with van der Waals surface area (Å²) in [6.45, 7) is 4.84. The number of rotatable bonds is 8. The molecule has 1 N–H and O–H groups in total. The van der Waals surface area contributed by atoms with Crippen LogP contribution in [0.5, 0.6) is 0 Å². The maximum Gasteiger partial charge on any atom is 0.417 e. The molecule has 1 atom stereocenters. The summed E-state index contributed by atoms with van der Waals surface area (Å²) in [6.07, 6.45) is -0.431. The highest BCUT2D eigenvalue weighted by Gasteiger charge is 2.30. The number of likely N-dealkylation sites (N-methyl/N-ethyl adjacent to an activating group) is 1. The normalized spacial score (nSPS) is 13.2. The fraction of sp³-hybridized carbons (Fsp3) is 0.526. The summed E-state index contributed by atoms with van der Waals surface area (Å²) in [6, 6.07) is 2.16. The van der Waals surface area contributed by atoms with Crippen molar-refractivity contribution < 1.29 is 13.2 Å². The first-order valence-electron chi connectivity index (χ1n) is 9.31. The third kappa shape index (κ3) is 5.48. The molecule has 0 aliphatic rings. The molecule has 2 aromatic heterocycles. The summed E-state index contributed by atoms with van der Waals surface area (Å²) in [5.41, 5.74) is -1.19. The summed E-state index contributed by atoms with van der Waals surface area (Å²) in [4.78, 5) is 18.4. The van der Waals surface area contributed by atoms with E-state index < -0.39 is 17.3 Å². The molecule has 0 aliphatic heterocycles. The quantitative estimate of drug-likeness (QED) is 0.682. The molecule has 2 aromatic rings. The molecule has 160 valence electrons. The highest BCUT2D eigenvalue weighted by Crippen LogP contribution is 2.28. The molecule has 0 aromatic carbocycles. The van der Waals surface area contributed by atoms with Crippen LogP contribution in [0.3, 0.4) is 0 Å². The van der Waals surface area contributed by atoms with Crippen LogP contribution in [0.4, 0.5) is 18.9 Å². The van der Waals surface area contributed by atoms with Crippen LogP contribution in [0.15, 0.2) is 29.3 Å². The van der Waals surface area contributed by atoms with Crippen LogP contribution in [-0.4, -0.2) is 46.3 Å². The Kier molecular flexibility index (Phi) is 7.65. The molecule has 0 bridgehead atoms. The maximum atomic E-state index is 12.7. The molecule has 2 heterocycles. The maximum absolute atomic E-state index is 12.7. The highest BCUT2D eigenvalue weighted by atomic mass is 35.5. The minimum atomic E-state index is -4.51. The number of anilines is 1. The zero-order valence-corrected chi connectivity index (χ0v) is 17.6. The van der Waals surface area contributed by atoms with Gasteiger partial charge in [-0.25, -0.2) is 4.98 Å². The lowest BCUT2D eigenvalue weighted by Gasteiger charge is -2.31. The van der Waals surface area contributed by atoms with E-state index in [1.54, 1.807) is 0 Å². The molecule has 0 radical (unpaired) electrons. The van der Waals surface area contributed by atoms with Crippen LogP contribution >= 0.6 is 11.6 Å². The van der Waals surface area contributed by atoms with Crippen molar-refractivity contribution >= 4 is 17.3 Å². The number of aromatic nitrogens is 3. The van der Waals surface area contributed by atoms with Gasteiger partial charge in [0, 0.05) is 18.8 Å². The van der Waals surface area contributed by atoms with E-state index in [1.165, 1.54) is 6.20 Å². The number of alkyl halides is 3. The summed E-state index contributed by atoms with van der Waals surface area (Å²) in [7, 11) is 4.00. The minimum absolute atomic E-state index is 0.0420. The van der Waals surface area contributed by atoms with Gasteiger partial charge in [-0.3, -0.25) is 4.79 Å². The lowest BCUT2D eigenvalue weighted by atomic mass is 9.93. The molecule has 0 saturated heterocycles. The molecule has 0 amide bonds. The van der Waals surface area contributed by atoms with Crippen molar-refractivity contribution in [3.05, 3.63) is 45.5 Å². The third-order valence-electron chi connectivity index (χ3n) is 4.97. The Morgan fingerprint density at radius 2 is 1.86 bits per heavy atom. The van der Waals surface area contributed by atoms with Crippen LogP contribution in [0.25, 0.3) is 5.82 Å². The molecule has 0 spiro atoms. The number of halogens is 4. The second-order valence-corrected chi connectivity index (χ2v) is 7.36. The summed E-state index contributed by atoms with van der Waals surface area (Å²) in [5.74, 6) is 0.431. The predicted octanol–water partition coefficient (Wildman–Crippen LogP) is 4.08. The van der Waals surface area contributed by atoms with Crippen LogP contribution in [0.1, 0.15) is 32.3 Å². The van der Waals surface area contributed by atoms with Crippen molar-refractivity contribution in [2.24, 2.45) is 5.92 Å². The first-order chi connectivity index (χ1) is 13.6. The fourth-order valence-corrected chi connectivity index (χ4v) is 3.41. The number of hydrogen-bond acceptors (Lipinski definition) is 5. The largest absolute Gasteiger partial charge is 0.417 e. The van der Waals surface area contributed by atoms with Gasteiger partial charge in [0.1, 0.15) is 5.02 Å². The van der Waals surface area contributed by atoms with E-state index in [1.807, 2.05) is 14.1 Å². The van der Waals surface area contributed by atoms with Gasteiger partial charge in [-0.2, -0.15) is 23.0 Å². The third-order valence-corrected chi connectivity index (χ3v) is 5.33. The van der Waals surface area contributed by atoms with Gasteiger partial charge in [-0.05, 0) is 32.1 Å². The van der Waals surface area contributed by atoms with Gasteiger partial charge in [0.05, 0.1) is 17.4 Å². The van der Waals surface area contributed by atoms with Gasteiger partial charge in [0.2, 0.25) is 0 Å². The van der Waals surface area contributed by atoms with Crippen molar-refractivity contribution in [3.8, 4) is 5.82 Å². The van der Waals surface area contributed by atoms with Crippen molar-refractivity contribution in [2.75, 3.05) is 26.0 Å². The summed E-state index contributed by atoms with van der Waals surface area (Å²) in [5, 5.41) is 7.09. The highest BCUT2D eigenvalue weighted by molar-refractivity contribution is 6.32. The average molecular weight is 432 g/mol. The smallest absolute Gasteiger partial charge is 0.381 e. The van der Waals surface area contributed by atoms with Crippen molar-refractivity contribution in [2.45, 2.75) is 38.9 Å². The molecule has 0 fully saturated rings. The number of nitrogens with zero attached hydrogens (tertiary/aromatic N) is 4. The van der Waals surface area contributed by atoms with Crippen LogP contribution in [0.2, 0.25) is 5.02 Å². The SMILES string of the molecule is CCC(CC)C(CNc1cnn(-c2ccc(C(F)(F)F)cn2)c(=O)c1Cl)N(C)C. The Morgan fingerprint density at radius 3 is 2.34 bits per heavy atom. The van der Waals surface area contributed by atoms with E-state index in [0.29, 0.717) is 24.3 Å².